The normalized spacial score (nSPS) is 17.6. The van der Waals surface area contributed by atoms with Crippen molar-refractivity contribution in [2.24, 2.45) is 0 Å². The number of alkyl halides is 3. The Labute approximate surface area is 143 Å². The molecule has 0 unspecified atom stereocenters. The van der Waals surface area contributed by atoms with Crippen molar-refractivity contribution < 1.29 is 32.2 Å². The van der Waals surface area contributed by atoms with Gasteiger partial charge < -0.3 is 19.1 Å². The molecule has 1 aliphatic heterocycles. The van der Waals surface area contributed by atoms with Crippen LogP contribution in [0.4, 0.5) is 18.9 Å². The summed E-state index contributed by atoms with van der Waals surface area (Å²) in [5.74, 6) is -0.807. The number of esters is 1. The molecule has 0 aromatic carbocycles. The molecule has 1 saturated heterocycles. The van der Waals surface area contributed by atoms with Gasteiger partial charge in [0.2, 0.25) is 5.88 Å². The first-order valence-electron chi connectivity index (χ1n) is 7.89. The summed E-state index contributed by atoms with van der Waals surface area (Å²) in [7, 11) is 2.46. The van der Waals surface area contributed by atoms with Gasteiger partial charge >= 0.3 is 12.1 Å². The summed E-state index contributed by atoms with van der Waals surface area (Å²) in [6.07, 6.45) is -1.38. The summed E-state index contributed by atoms with van der Waals surface area (Å²) >= 11 is 0. The molecule has 0 spiro atoms. The van der Waals surface area contributed by atoms with Gasteiger partial charge in [-0.05, 0) is 18.9 Å². The zero-order valence-corrected chi connectivity index (χ0v) is 14.1. The molecule has 0 saturated carbocycles. The molecule has 2 heterocycles. The summed E-state index contributed by atoms with van der Waals surface area (Å²) < 4.78 is 54.2. The van der Waals surface area contributed by atoms with E-state index >= 15 is 0 Å². The molecule has 25 heavy (non-hydrogen) atoms. The van der Waals surface area contributed by atoms with Gasteiger partial charge in [-0.2, -0.15) is 13.2 Å². The molecule has 6 nitrogen and oxygen atoms in total. The van der Waals surface area contributed by atoms with Gasteiger partial charge in [-0.3, -0.25) is 4.79 Å². The van der Waals surface area contributed by atoms with Gasteiger partial charge in [0.25, 0.3) is 0 Å². The predicted molar refractivity (Wildman–Crippen MR) is 83.6 cm³/mol. The Morgan fingerprint density at radius 3 is 2.80 bits per heavy atom. The van der Waals surface area contributed by atoms with Gasteiger partial charge in [-0.25, -0.2) is 4.98 Å². The minimum Gasteiger partial charge on any atom is -0.481 e. The van der Waals surface area contributed by atoms with E-state index in [-0.39, 0.29) is 25.0 Å². The van der Waals surface area contributed by atoms with E-state index in [1.165, 1.54) is 13.3 Å². The predicted octanol–water partition coefficient (Wildman–Crippen LogP) is 2.66. The van der Waals surface area contributed by atoms with E-state index in [9.17, 15) is 18.0 Å². The lowest BCUT2D eigenvalue weighted by Crippen LogP contribution is -2.33. The van der Waals surface area contributed by atoms with E-state index < -0.39 is 17.6 Å². The van der Waals surface area contributed by atoms with Crippen LogP contribution in [-0.4, -0.2) is 51.0 Å². The van der Waals surface area contributed by atoms with Crippen molar-refractivity contribution in [1.82, 2.24) is 4.98 Å². The van der Waals surface area contributed by atoms with Crippen LogP contribution in [0.5, 0.6) is 5.88 Å². The Kier molecular flexibility index (Phi) is 6.46. The molecule has 1 aromatic heterocycles. The summed E-state index contributed by atoms with van der Waals surface area (Å²) in [6.45, 7) is 1.16. The number of halogens is 3. The highest BCUT2D eigenvalue weighted by Gasteiger charge is 2.37. The first-order valence-corrected chi connectivity index (χ1v) is 7.89. The maximum atomic E-state index is 13.2. The lowest BCUT2D eigenvalue weighted by Gasteiger charge is -2.27. The second kappa shape index (κ2) is 8.37. The molecule has 140 valence electrons. The topological polar surface area (TPSA) is 60.9 Å². The molecule has 9 heteroatoms. The van der Waals surface area contributed by atoms with Crippen LogP contribution >= 0.6 is 0 Å². The third-order valence-corrected chi connectivity index (χ3v) is 4.03. The van der Waals surface area contributed by atoms with Crippen LogP contribution in [0, 0.1) is 0 Å². The van der Waals surface area contributed by atoms with Crippen LogP contribution < -0.4 is 9.64 Å². The monoisotopic (exact) mass is 362 g/mol. The average molecular weight is 362 g/mol. The van der Waals surface area contributed by atoms with Gasteiger partial charge in [0, 0.05) is 6.54 Å². The quantitative estimate of drug-likeness (QED) is 0.549. The Bertz CT molecular complexity index is 595. The lowest BCUT2D eigenvalue weighted by atomic mass is 10.2. The maximum Gasteiger partial charge on any atom is 0.421 e. The number of hydrogen-bond donors (Lipinski definition) is 0. The summed E-state index contributed by atoms with van der Waals surface area (Å²) in [4.78, 5) is 16.7. The number of methoxy groups -OCH3 is 2. The number of aromatic nitrogens is 1. The standard InChI is InChI=1S/C16H21F3N2O4/c1-23-14(22)5-7-25-10-11-4-3-6-21(11)12-8-13(16(17,18)19)15(24-2)20-9-12/h8-9,11H,3-7,10H2,1-2H3/t11-/m0/s1. The van der Waals surface area contributed by atoms with Crippen LogP contribution in [-0.2, 0) is 20.4 Å². The molecular weight excluding hydrogens is 341 g/mol. The zero-order valence-electron chi connectivity index (χ0n) is 14.1. The Morgan fingerprint density at radius 2 is 2.16 bits per heavy atom. The zero-order chi connectivity index (χ0) is 18.4. The largest absolute Gasteiger partial charge is 0.481 e. The number of carbonyl (C=O) groups excluding carboxylic acids is 1. The summed E-state index contributed by atoms with van der Waals surface area (Å²) in [6, 6.07) is 0.993. The number of nitrogens with zero attached hydrogens (tertiary/aromatic N) is 2. The molecule has 1 aromatic rings. The maximum absolute atomic E-state index is 13.2. The van der Waals surface area contributed by atoms with Crippen LogP contribution in [0.2, 0.25) is 0 Å². The average Bonchev–Trinajstić information content (AvgIpc) is 3.05. The van der Waals surface area contributed by atoms with E-state index in [4.69, 9.17) is 9.47 Å². The first-order chi connectivity index (χ1) is 11.9. The smallest absolute Gasteiger partial charge is 0.421 e. The van der Waals surface area contributed by atoms with Crippen molar-refractivity contribution >= 4 is 11.7 Å². The highest BCUT2D eigenvalue weighted by molar-refractivity contribution is 5.69. The van der Waals surface area contributed by atoms with Crippen molar-refractivity contribution in [3.63, 3.8) is 0 Å². The van der Waals surface area contributed by atoms with Gasteiger partial charge in [0.05, 0.1) is 51.8 Å². The fraction of sp³-hybridized carbons (Fsp3) is 0.625. The minimum atomic E-state index is -4.54. The third-order valence-electron chi connectivity index (χ3n) is 4.03. The van der Waals surface area contributed by atoms with E-state index in [1.54, 1.807) is 0 Å². The highest BCUT2D eigenvalue weighted by Crippen LogP contribution is 2.38. The molecular formula is C16H21F3N2O4. The van der Waals surface area contributed by atoms with Crippen molar-refractivity contribution in [3.05, 3.63) is 17.8 Å². The third kappa shape index (κ3) is 4.97. The van der Waals surface area contributed by atoms with Crippen molar-refractivity contribution in [2.75, 3.05) is 38.9 Å². The van der Waals surface area contributed by atoms with Crippen molar-refractivity contribution in [1.29, 1.82) is 0 Å². The molecule has 0 N–H and O–H groups in total. The van der Waals surface area contributed by atoms with E-state index in [0.29, 0.717) is 18.8 Å². The van der Waals surface area contributed by atoms with Gasteiger partial charge in [0.15, 0.2) is 0 Å². The molecule has 2 rings (SSSR count). The van der Waals surface area contributed by atoms with Crippen LogP contribution in [0.1, 0.15) is 24.8 Å². The fourth-order valence-electron chi connectivity index (χ4n) is 2.79. The van der Waals surface area contributed by atoms with Crippen molar-refractivity contribution in [2.45, 2.75) is 31.5 Å². The van der Waals surface area contributed by atoms with Gasteiger partial charge in [-0.1, -0.05) is 0 Å². The number of pyridine rings is 1. The van der Waals surface area contributed by atoms with Gasteiger partial charge in [-0.15, -0.1) is 0 Å². The molecule has 1 aliphatic rings. The molecule has 0 aliphatic carbocycles. The van der Waals surface area contributed by atoms with Crippen molar-refractivity contribution in [3.8, 4) is 5.88 Å². The molecule has 1 atom stereocenters. The van der Waals surface area contributed by atoms with Gasteiger partial charge in [0.1, 0.15) is 5.56 Å². The Morgan fingerprint density at radius 1 is 1.40 bits per heavy atom. The fourth-order valence-corrected chi connectivity index (χ4v) is 2.79. The number of ether oxygens (including phenoxy) is 3. The molecule has 0 amide bonds. The number of rotatable bonds is 7. The summed E-state index contributed by atoms with van der Waals surface area (Å²) in [5.41, 5.74) is -0.517. The number of hydrogen-bond acceptors (Lipinski definition) is 6. The lowest BCUT2D eigenvalue weighted by molar-refractivity contribution is -0.142. The van der Waals surface area contributed by atoms with Crippen LogP contribution in [0.15, 0.2) is 12.3 Å². The second-order valence-corrected chi connectivity index (χ2v) is 5.64. The first kappa shape index (κ1) is 19.3. The van der Waals surface area contributed by atoms with E-state index in [0.717, 1.165) is 26.0 Å². The number of anilines is 1. The van der Waals surface area contributed by atoms with Crippen LogP contribution in [0.3, 0.4) is 0 Å². The Hall–Kier alpha value is -2.03. The Balaban J connectivity index is 2.05. The van der Waals surface area contributed by atoms with E-state index in [2.05, 4.69) is 9.72 Å². The summed E-state index contributed by atoms with van der Waals surface area (Å²) in [5, 5.41) is 0. The number of carbonyl (C=O) groups is 1. The minimum absolute atomic E-state index is 0.0612. The SMILES string of the molecule is COC(=O)CCOC[C@@H]1CCCN1c1cnc(OC)c(C(F)(F)F)c1. The van der Waals surface area contributed by atoms with Crippen LogP contribution in [0.25, 0.3) is 0 Å². The molecule has 1 fully saturated rings. The molecule has 0 bridgehead atoms. The highest BCUT2D eigenvalue weighted by atomic mass is 19.4. The molecule has 0 radical (unpaired) electrons. The second-order valence-electron chi connectivity index (χ2n) is 5.64. The van der Waals surface area contributed by atoms with E-state index in [1.807, 2.05) is 4.90 Å².